The van der Waals surface area contributed by atoms with Crippen LogP contribution in [0, 0.1) is 12.7 Å². The van der Waals surface area contributed by atoms with Gasteiger partial charge in [-0.05, 0) is 85.7 Å². The van der Waals surface area contributed by atoms with E-state index in [1.807, 2.05) is 43.3 Å². The van der Waals surface area contributed by atoms with Crippen molar-refractivity contribution in [1.82, 2.24) is 9.88 Å². The van der Waals surface area contributed by atoms with E-state index in [4.69, 9.17) is 21.4 Å². The van der Waals surface area contributed by atoms with Gasteiger partial charge in [-0.2, -0.15) is 0 Å². The highest BCUT2D eigenvalue weighted by Crippen LogP contribution is 2.24. The second kappa shape index (κ2) is 9.22. The summed E-state index contributed by atoms with van der Waals surface area (Å²) in [6, 6.07) is 16.2. The molecule has 0 aliphatic carbocycles. The van der Waals surface area contributed by atoms with E-state index >= 15 is 0 Å². The molecule has 0 radical (unpaired) electrons. The van der Waals surface area contributed by atoms with Gasteiger partial charge >= 0.3 is 0 Å². The number of hydrogen-bond acceptors (Lipinski definition) is 3. The Bertz CT molecular complexity index is 1170. The number of halogens is 1. The Morgan fingerprint density at radius 1 is 1.19 bits per heavy atom. The molecular formula is C24H24FN3O2S. The van der Waals surface area contributed by atoms with Gasteiger partial charge < -0.3 is 24.4 Å². The predicted molar refractivity (Wildman–Crippen MR) is 125 cm³/mol. The van der Waals surface area contributed by atoms with Crippen LogP contribution in [0.1, 0.15) is 17.0 Å². The molecule has 0 saturated heterocycles. The van der Waals surface area contributed by atoms with Crippen LogP contribution in [-0.4, -0.2) is 28.7 Å². The Labute approximate surface area is 185 Å². The van der Waals surface area contributed by atoms with Gasteiger partial charge in [-0.15, -0.1) is 0 Å². The minimum Gasteiger partial charge on any atom is -0.497 e. The van der Waals surface area contributed by atoms with Gasteiger partial charge in [0.15, 0.2) is 5.11 Å². The molecule has 0 fully saturated rings. The second-order valence-electron chi connectivity index (χ2n) is 7.33. The van der Waals surface area contributed by atoms with E-state index < -0.39 is 0 Å². The maximum atomic E-state index is 13.8. The molecule has 160 valence electrons. The van der Waals surface area contributed by atoms with Crippen LogP contribution in [0.4, 0.5) is 10.1 Å². The average molecular weight is 438 g/mol. The van der Waals surface area contributed by atoms with Gasteiger partial charge in [0.1, 0.15) is 17.3 Å². The monoisotopic (exact) mass is 437 g/mol. The van der Waals surface area contributed by atoms with Gasteiger partial charge in [0.25, 0.3) is 0 Å². The lowest BCUT2D eigenvalue weighted by Gasteiger charge is -2.25. The van der Waals surface area contributed by atoms with Gasteiger partial charge in [0.05, 0.1) is 19.9 Å². The predicted octanol–water partition coefficient (Wildman–Crippen LogP) is 5.66. The fourth-order valence-electron chi connectivity index (χ4n) is 3.64. The molecule has 4 aromatic rings. The minimum atomic E-state index is -0.239. The number of H-pyrrole nitrogens is 1. The largest absolute Gasteiger partial charge is 0.497 e. The Morgan fingerprint density at radius 2 is 2.00 bits per heavy atom. The third kappa shape index (κ3) is 4.88. The zero-order valence-electron chi connectivity index (χ0n) is 17.4. The number of furan rings is 1. The Kier molecular flexibility index (Phi) is 6.23. The fraction of sp³-hybridized carbons (Fsp3) is 0.208. The van der Waals surface area contributed by atoms with Crippen LogP contribution in [0.5, 0.6) is 5.75 Å². The van der Waals surface area contributed by atoms with Crippen LogP contribution < -0.4 is 10.1 Å². The number of aryl methyl sites for hydroxylation is 1. The SMILES string of the molecule is COc1ccc(NC(=S)N(CCc2c(C)[nH]c3ccc(F)cc23)Cc2ccco2)cc1. The first-order valence-corrected chi connectivity index (χ1v) is 10.4. The second-order valence-corrected chi connectivity index (χ2v) is 7.71. The number of methoxy groups -OCH3 is 1. The van der Waals surface area contributed by atoms with Gasteiger partial charge in [-0.25, -0.2) is 4.39 Å². The third-order valence-electron chi connectivity index (χ3n) is 5.27. The highest BCUT2D eigenvalue weighted by molar-refractivity contribution is 7.80. The number of rotatable bonds is 7. The number of anilines is 1. The summed E-state index contributed by atoms with van der Waals surface area (Å²) >= 11 is 5.71. The summed E-state index contributed by atoms with van der Waals surface area (Å²) < 4.78 is 24.6. The molecule has 0 bridgehead atoms. The molecule has 0 atom stereocenters. The molecule has 0 spiro atoms. The number of fused-ring (bicyclic) bond motifs is 1. The summed E-state index contributed by atoms with van der Waals surface area (Å²) in [4.78, 5) is 5.39. The summed E-state index contributed by atoms with van der Waals surface area (Å²) in [6.45, 7) is 3.19. The maximum Gasteiger partial charge on any atom is 0.173 e. The molecule has 0 saturated carbocycles. The van der Waals surface area contributed by atoms with Crippen molar-refractivity contribution in [3.63, 3.8) is 0 Å². The van der Waals surface area contributed by atoms with E-state index in [1.54, 1.807) is 25.5 Å². The van der Waals surface area contributed by atoms with Crippen molar-refractivity contribution in [2.75, 3.05) is 19.0 Å². The normalized spacial score (nSPS) is 10.9. The average Bonchev–Trinajstić information content (AvgIpc) is 3.38. The number of hydrogen-bond donors (Lipinski definition) is 2. The van der Waals surface area contributed by atoms with Crippen molar-refractivity contribution in [3.8, 4) is 5.75 Å². The number of ether oxygens (including phenoxy) is 1. The lowest BCUT2D eigenvalue weighted by atomic mass is 10.1. The smallest absolute Gasteiger partial charge is 0.173 e. The van der Waals surface area contributed by atoms with E-state index in [2.05, 4.69) is 15.2 Å². The van der Waals surface area contributed by atoms with Gasteiger partial charge in [0.2, 0.25) is 0 Å². The molecule has 5 nitrogen and oxygen atoms in total. The lowest BCUT2D eigenvalue weighted by molar-refractivity contribution is 0.368. The van der Waals surface area contributed by atoms with Crippen LogP contribution in [0.15, 0.2) is 65.3 Å². The van der Waals surface area contributed by atoms with Crippen molar-refractivity contribution in [3.05, 3.63) is 83.7 Å². The molecular weight excluding hydrogens is 413 g/mol. The summed E-state index contributed by atoms with van der Waals surface area (Å²) in [7, 11) is 1.64. The summed E-state index contributed by atoms with van der Waals surface area (Å²) in [5, 5.41) is 4.78. The molecule has 31 heavy (non-hydrogen) atoms. The molecule has 2 aromatic heterocycles. The number of nitrogens with zero attached hydrogens (tertiary/aromatic N) is 1. The van der Waals surface area contributed by atoms with Gasteiger partial charge in [-0.1, -0.05) is 0 Å². The first kappa shape index (κ1) is 20.9. The van der Waals surface area contributed by atoms with Crippen LogP contribution in [0.25, 0.3) is 10.9 Å². The van der Waals surface area contributed by atoms with Gasteiger partial charge in [0, 0.05) is 28.8 Å². The first-order valence-electron chi connectivity index (χ1n) is 10.0. The number of aromatic amines is 1. The Balaban J connectivity index is 1.53. The fourth-order valence-corrected chi connectivity index (χ4v) is 3.92. The summed E-state index contributed by atoms with van der Waals surface area (Å²) in [6.07, 6.45) is 2.36. The molecule has 0 aliphatic rings. The van der Waals surface area contributed by atoms with E-state index in [1.165, 1.54) is 6.07 Å². The molecule has 0 aliphatic heterocycles. The van der Waals surface area contributed by atoms with Crippen LogP contribution in [0.3, 0.4) is 0 Å². The van der Waals surface area contributed by atoms with E-state index in [9.17, 15) is 4.39 Å². The summed E-state index contributed by atoms with van der Waals surface area (Å²) in [5.74, 6) is 1.36. The Morgan fingerprint density at radius 3 is 2.71 bits per heavy atom. The minimum absolute atomic E-state index is 0.239. The van der Waals surface area contributed by atoms with E-state index in [0.717, 1.165) is 39.4 Å². The number of benzene rings is 2. The van der Waals surface area contributed by atoms with Crippen molar-refractivity contribution in [2.45, 2.75) is 19.9 Å². The van der Waals surface area contributed by atoms with Crippen LogP contribution in [-0.2, 0) is 13.0 Å². The molecule has 2 heterocycles. The number of nitrogens with one attached hydrogen (secondary N) is 2. The topological polar surface area (TPSA) is 53.4 Å². The number of aromatic nitrogens is 1. The molecule has 4 rings (SSSR count). The lowest BCUT2D eigenvalue weighted by Crippen LogP contribution is -2.35. The van der Waals surface area contributed by atoms with Crippen LogP contribution in [0.2, 0.25) is 0 Å². The zero-order valence-corrected chi connectivity index (χ0v) is 18.3. The number of thiocarbonyl (C=S) groups is 1. The maximum absolute atomic E-state index is 13.8. The van der Waals surface area contributed by atoms with Crippen molar-refractivity contribution < 1.29 is 13.5 Å². The zero-order chi connectivity index (χ0) is 21.8. The van der Waals surface area contributed by atoms with Gasteiger partial charge in [-0.3, -0.25) is 0 Å². The summed E-state index contributed by atoms with van der Waals surface area (Å²) in [5.41, 5.74) is 3.93. The molecule has 0 unspecified atom stereocenters. The van der Waals surface area contributed by atoms with Crippen molar-refractivity contribution >= 4 is 33.9 Å². The molecule has 0 amide bonds. The highest BCUT2D eigenvalue weighted by atomic mass is 32.1. The van der Waals surface area contributed by atoms with Crippen LogP contribution >= 0.6 is 12.2 Å². The molecule has 2 N–H and O–H groups in total. The molecule has 7 heteroatoms. The highest BCUT2D eigenvalue weighted by Gasteiger charge is 2.16. The van der Waals surface area contributed by atoms with E-state index in [-0.39, 0.29) is 5.82 Å². The van der Waals surface area contributed by atoms with Crippen molar-refractivity contribution in [1.29, 1.82) is 0 Å². The van der Waals surface area contributed by atoms with E-state index in [0.29, 0.717) is 24.6 Å². The third-order valence-corrected chi connectivity index (χ3v) is 5.63. The molecule has 2 aromatic carbocycles. The quantitative estimate of drug-likeness (QED) is 0.366. The Hall–Kier alpha value is -3.32. The first-order chi connectivity index (χ1) is 15.0. The van der Waals surface area contributed by atoms with Crippen molar-refractivity contribution in [2.24, 2.45) is 0 Å². The standard InChI is InChI=1S/C24H24FN3O2S/c1-16-21(22-14-17(25)5-10-23(22)26-16)11-12-28(15-20-4-3-13-30-20)24(31)27-18-6-8-19(29-2)9-7-18/h3-10,13-14,26H,11-12,15H2,1-2H3,(H,27,31).